The third kappa shape index (κ3) is 161. The van der Waals surface area contributed by atoms with Crippen molar-refractivity contribution < 1.29 is 14.1 Å². The lowest BCUT2D eigenvalue weighted by Crippen LogP contribution is -2.33. The molecule has 0 heterocycles. The van der Waals surface area contributed by atoms with Crippen LogP contribution in [0.2, 0.25) is 0 Å². The number of likely N-dealkylation sites (N-methyl/N-ethyl adjacent to an activating group) is 1. The summed E-state index contributed by atoms with van der Waals surface area (Å²) in [7, 11) is 6.42. The second-order valence-corrected chi connectivity index (χ2v) is 4.26. The van der Waals surface area contributed by atoms with Crippen molar-refractivity contribution in [2.75, 3.05) is 27.7 Å². The highest BCUT2D eigenvalue weighted by Gasteiger charge is 1.99. The quantitative estimate of drug-likeness (QED) is 0.290. The van der Waals surface area contributed by atoms with Crippen LogP contribution in [0.3, 0.4) is 0 Å². The van der Waals surface area contributed by atoms with E-state index in [0.717, 1.165) is 11.0 Å². The first-order valence-corrected chi connectivity index (χ1v) is 4.74. The van der Waals surface area contributed by atoms with Crippen LogP contribution in [0.15, 0.2) is 12.7 Å². The maximum absolute atomic E-state index is 9.09. The van der Waals surface area contributed by atoms with E-state index in [4.69, 9.17) is 9.59 Å². The van der Waals surface area contributed by atoms with Crippen LogP contribution in [0, 0.1) is 0 Å². The average Bonchev–Trinajstić information content (AvgIpc) is 1.79. The summed E-state index contributed by atoms with van der Waals surface area (Å²) in [5.41, 5.74) is 8.62. The number of primary amides is 2. The Morgan fingerprint density at radius 2 is 1.60 bits per heavy atom. The first kappa shape index (κ1) is 19.7. The second-order valence-electron chi connectivity index (χ2n) is 3.42. The van der Waals surface area contributed by atoms with E-state index in [1.807, 2.05) is 6.08 Å². The predicted octanol–water partition coefficient (Wildman–Crippen LogP) is 0.486. The molecule has 0 aliphatic carbocycles. The van der Waals surface area contributed by atoms with Gasteiger partial charge in [0.15, 0.2) is 0 Å². The Kier molecular flexibility index (Phi) is 14.8. The number of nitrogens with two attached hydrogens (primary N) is 2. The third-order valence-electron chi connectivity index (χ3n) is 0.677. The number of carbonyl (C=O) groups excluding carboxylic acids is 2. The highest BCUT2D eigenvalue weighted by molar-refractivity contribution is 7.96. The van der Waals surface area contributed by atoms with E-state index in [9.17, 15) is 0 Å². The van der Waals surface area contributed by atoms with Gasteiger partial charge in [0.25, 0.3) is 5.24 Å². The molecule has 0 unspecified atom stereocenters. The van der Waals surface area contributed by atoms with Crippen LogP contribution >= 0.6 is 12.6 Å². The van der Waals surface area contributed by atoms with Crippen molar-refractivity contribution in [2.45, 2.75) is 0 Å². The molecule has 15 heavy (non-hydrogen) atoms. The summed E-state index contributed by atoms with van der Waals surface area (Å²) >= 11 is 6.86. The number of quaternary nitrogens is 1. The Morgan fingerprint density at radius 3 is 1.60 bits per heavy atom. The molecule has 0 aliphatic rings. The molecule has 0 aromatic rings. The zero-order chi connectivity index (χ0) is 13.1. The number of rotatable bonds is 2. The predicted molar refractivity (Wildman–Crippen MR) is 68.6 cm³/mol. The number of hydrogen-bond donors (Lipinski definition) is 3. The van der Waals surface area contributed by atoms with Crippen LogP contribution in [0.1, 0.15) is 0 Å². The average molecular weight is 253 g/mol. The molecule has 2 amide bonds. The molecule has 0 fully saturated rings. The lowest BCUT2D eigenvalue weighted by molar-refractivity contribution is -0.864. The fourth-order valence-corrected chi connectivity index (χ4v) is 0.387. The highest BCUT2D eigenvalue weighted by Crippen LogP contribution is 1.86. The van der Waals surface area contributed by atoms with Crippen LogP contribution in [-0.4, -0.2) is 42.6 Å². The van der Waals surface area contributed by atoms with Gasteiger partial charge in [-0.25, -0.2) is 0 Å². The molecular formula is C8H19N3O2S2. The SMILES string of the molecule is C=CC[N+](C)(C)C.NC(=O)S.NC(=O)[S-]. The van der Waals surface area contributed by atoms with E-state index in [2.05, 4.69) is 64.4 Å². The van der Waals surface area contributed by atoms with Crippen LogP contribution < -0.4 is 11.5 Å². The maximum atomic E-state index is 9.09. The van der Waals surface area contributed by atoms with Crippen molar-refractivity contribution in [3.05, 3.63) is 12.7 Å². The van der Waals surface area contributed by atoms with Crippen LogP contribution in [0.25, 0.3) is 0 Å². The molecule has 0 radical (unpaired) electrons. The lowest BCUT2D eigenvalue weighted by atomic mass is 10.5. The lowest BCUT2D eigenvalue weighted by Gasteiger charge is -2.21. The van der Waals surface area contributed by atoms with E-state index in [-0.39, 0.29) is 0 Å². The molecule has 0 aliphatic heterocycles. The molecular weight excluding hydrogens is 234 g/mol. The fraction of sp³-hybridized carbons (Fsp3) is 0.500. The summed E-state index contributed by atoms with van der Waals surface area (Å²) < 4.78 is 0.976. The molecule has 0 spiro atoms. The zero-order valence-corrected chi connectivity index (χ0v) is 11.0. The Morgan fingerprint density at radius 1 is 1.40 bits per heavy atom. The van der Waals surface area contributed by atoms with Gasteiger partial charge in [0.1, 0.15) is 0 Å². The largest absolute Gasteiger partial charge is 0.719 e. The Hall–Kier alpha value is -0.790. The van der Waals surface area contributed by atoms with Gasteiger partial charge in [-0.1, -0.05) is 19.2 Å². The van der Waals surface area contributed by atoms with E-state index in [0.29, 0.717) is 0 Å². The number of hydrogen-bond acceptors (Lipinski definition) is 3. The molecule has 7 heteroatoms. The van der Waals surface area contributed by atoms with Crippen molar-refractivity contribution in [3.63, 3.8) is 0 Å². The molecule has 90 valence electrons. The van der Waals surface area contributed by atoms with Gasteiger partial charge in [-0.05, 0) is 6.08 Å². The zero-order valence-electron chi connectivity index (χ0n) is 9.27. The van der Waals surface area contributed by atoms with Crippen molar-refractivity contribution in [1.29, 1.82) is 0 Å². The van der Waals surface area contributed by atoms with Gasteiger partial charge in [-0.15, -0.1) is 0 Å². The molecule has 4 N–H and O–H groups in total. The summed E-state index contributed by atoms with van der Waals surface area (Å²) in [6.07, 6.45) is 1.93. The van der Waals surface area contributed by atoms with Crippen molar-refractivity contribution in [1.82, 2.24) is 0 Å². The molecule has 0 saturated heterocycles. The van der Waals surface area contributed by atoms with Crippen LogP contribution in [0.4, 0.5) is 9.59 Å². The first-order chi connectivity index (χ1) is 6.52. The summed E-state index contributed by atoms with van der Waals surface area (Å²) in [6.45, 7) is 4.67. The number of nitrogens with zero attached hydrogens (tertiary/aromatic N) is 1. The van der Waals surface area contributed by atoms with Crippen LogP contribution in [0.5, 0.6) is 0 Å². The minimum Gasteiger partial charge on any atom is -0.719 e. The van der Waals surface area contributed by atoms with Gasteiger partial charge in [0.2, 0.25) is 0 Å². The smallest absolute Gasteiger partial charge is 0.273 e. The minimum atomic E-state index is -0.750. The molecule has 0 bridgehead atoms. The van der Waals surface area contributed by atoms with Gasteiger partial charge in [0, 0.05) is 0 Å². The summed E-state index contributed by atoms with van der Waals surface area (Å²) in [6, 6.07) is 0. The van der Waals surface area contributed by atoms with Gasteiger partial charge in [-0.3, -0.25) is 4.79 Å². The van der Waals surface area contributed by atoms with E-state index in [1.54, 1.807) is 0 Å². The highest BCUT2D eigenvalue weighted by atomic mass is 32.1. The number of amides is 2. The van der Waals surface area contributed by atoms with Gasteiger partial charge >= 0.3 is 0 Å². The first-order valence-electron chi connectivity index (χ1n) is 3.89. The molecule has 0 atom stereocenters. The Bertz CT molecular complexity index is 183. The number of carbonyl (C=O) groups is 2. The summed E-state index contributed by atoms with van der Waals surface area (Å²) in [5.74, 6) is 0. The topological polar surface area (TPSA) is 86.2 Å². The summed E-state index contributed by atoms with van der Waals surface area (Å²) in [4.78, 5) is 18.1. The molecule has 0 saturated carbocycles. The third-order valence-corrected chi connectivity index (χ3v) is 0.677. The minimum absolute atomic E-state index is 0.639. The van der Waals surface area contributed by atoms with Gasteiger partial charge in [-0.2, -0.15) is 0 Å². The van der Waals surface area contributed by atoms with Crippen LogP contribution in [-0.2, 0) is 12.6 Å². The van der Waals surface area contributed by atoms with E-state index in [1.165, 1.54) is 0 Å². The molecule has 0 aromatic carbocycles. The van der Waals surface area contributed by atoms with Crippen molar-refractivity contribution in [2.24, 2.45) is 11.5 Å². The van der Waals surface area contributed by atoms with Crippen molar-refractivity contribution >= 4 is 35.7 Å². The molecule has 0 rings (SSSR count). The standard InChI is InChI=1S/C6H14N.2CH3NOS/c1-5-6-7(2,3)4;2*2-1(3)4/h5H,1,6H2,2-4H3;2*(H3,2,3,4)/q+1;;/p-1. The monoisotopic (exact) mass is 253 g/mol. The van der Waals surface area contributed by atoms with E-state index < -0.39 is 10.5 Å². The molecule has 5 nitrogen and oxygen atoms in total. The fourth-order valence-electron chi connectivity index (χ4n) is 0.387. The van der Waals surface area contributed by atoms with Crippen molar-refractivity contribution in [3.8, 4) is 0 Å². The summed E-state index contributed by atoms with van der Waals surface area (Å²) in [5, 5.41) is -1.39. The second kappa shape index (κ2) is 11.3. The maximum Gasteiger partial charge on any atom is 0.273 e. The normalized spacial score (nSPS) is 8.53. The Labute approximate surface area is 102 Å². The van der Waals surface area contributed by atoms with Gasteiger partial charge in [0.05, 0.1) is 32.9 Å². The van der Waals surface area contributed by atoms with Gasteiger partial charge < -0.3 is 33.4 Å². The van der Waals surface area contributed by atoms with E-state index >= 15 is 0 Å². The Balaban J connectivity index is -0.000000155. The molecule has 0 aromatic heterocycles. The number of thiol groups is 1.